The van der Waals surface area contributed by atoms with E-state index in [1.807, 2.05) is 0 Å². The Morgan fingerprint density at radius 2 is 1.56 bits per heavy atom. The largest absolute Gasteiger partial charge is 0.480 e. The Bertz CT molecular complexity index is 308. The van der Waals surface area contributed by atoms with Gasteiger partial charge in [0, 0.05) is 6.54 Å². The number of nitrogens with one attached hydrogen (secondary N) is 1. The monoisotopic (exact) mass is 261 g/mol. The fourth-order valence-electron chi connectivity index (χ4n) is 1.20. The summed E-state index contributed by atoms with van der Waals surface area (Å²) in [7, 11) is 0. The van der Waals surface area contributed by atoms with Crippen LogP contribution in [0.25, 0.3) is 0 Å². The van der Waals surface area contributed by atoms with Gasteiger partial charge >= 0.3 is 11.9 Å². The zero-order chi connectivity index (χ0) is 14.1. The molecule has 0 aromatic heterocycles. The Balaban J connectivity index is 3.58. The minimum absolute atomic E-state index is 0.274. The number of hydrogen-bond donors (Lipinski definition) is 5. The Labute approximate surface area is 104 Å². The van der Waals surface area contributed by atoms with Crippen molar-refractivity contribution in [1.82, 2.24) is 5.32 Å². The first-order valence-electron chi connectivity index (χ1n) is 5.58. The molecule has 18 heavy (non-hydrogen) atoms. The van der Waals surface area contributed by atoms with Gasteiger partial charge in [0.15, 0.2) is 0 Å². The van der Waals surface area contributed by atoms with Crippen molar-refractivity contribution in [3.8, 4) is 0 Å². The van der Waals surface area contributed by atoms with Gasteiger partial charge in [0.25, 0.3) is 0 Å². The molecule has 0 rings (SSSR count). The third-order valence-corrected chi connectivity index (χ3v) is 2.30. The van der Waals surface area contributed by atoms with Crippen LogP contribution in [0.5, 0.6) is 0 Å². The van der Waals surface area contributed by atoms with Crippen molar-refractivity contribution >= 4 is 17.8 Å². The highest BCUT2D eigenvalue weighted by molar-refractivity contribution is 5.84. The molecule has 0 aliphatic heterocycles. The van der Waals surface area contributed by atoms with Crippen molar-refractivity contribution in [3.05, 3.63) is 0 Å². The third-order valence-electron chi connectivity index (χ3n) is 2.30. The van der Waals surface area contributed by atoms with Crippen LogP contribution in [-0.2, 0) is 14.4 Å². The zero-order valence-corrected chi connectivity index (χ0v) is 9.96. The lowest BCUT2D eigenvalue weighted by Gasteiger charge is -2.08. The van der Waals surface area contributed by atoms with Gasteiger partial charge in [0.05, 0.1) is 6.42 Å². The molecule has 2 unspecified atom stereocenters. The molecule has 0 spiro atoms. The number of nitrogens with two attached hydrogens (primary N) is 2. The second kappa shape index (κ2) is 8.43. The third kappa shape index (κ3) is 7.58. The lowest BCUT2D eigenvalue weighted by molar-refractivity contribution is -0.140. The average molecular weight is 261 g/mol. The molecule has 0 bridgehead atoms. The smallest absolute Gasteiger partial charge is 0.321 e. The number of carbonyl (C=O) groups is 3. The first-order chi connectivity index (χ1) is 8.34. The van der Waals surface area contributed by atoms with Crippen LogP contribution >= 0.6 is 0 Å². The van der Waals surface area contributed by atoms with Gasteiger partial charge in [-0.3, -0.25) is 14.4 Å². The fourth-order valence-corrected chi connectivity index (χ4v) is 1.20. The number of carboxylic acid groups (broad SMARTS) is 2. The minimum atomic E-state index is -1.22. The summed E-state index contributed by atoms with van der Waals surface area (Å²) in [6.07, 6.45) is 1.21. The molecule has 0 aromatic carbocycles. The van der Waals surface area contributed by atoms with Gasteiger partial charge in [-0.2, -0.15) is 0 Å². The Kier molecular flexibility index (Phi) is 7.64. The molecule has 7 N–H and O–H groups in total. The van der Waals surface area contributed by atoms with E-state index in [9.17, 15) is 14.4 Å². The molecule has 0 fully saturated rings. The lowest BCUT2D eigenvalue weighted by Crippen LogP contribution is -2.37. The molecule has 0 saturated carbocycles. The van der Waals surface area contributed by atoms with Gasteiger partial charge in [0.2, 0.25) is 5.91 Å². The van der Waals surface area contributed by atoms with Crippen LogP contribution in [0.2, 0.25) is 0 Å². The normalized spacial score (nSPS) is 13.7. The number of carboxylic acids is 2. The summed E-state index contributed by atoms with van der Waals surface area (Å²) in [5, 5.41) is 19.5. The number of carbonyl (C=O) groups excluding carboxylic acids is 1. The number of aliphatic carboxylic acids is 2. The molecule has 8 heteroatoms. The second-order valence-corrected chi connectivity index (χ2v) is 3.94. The van der Waals surface area contributed by atoms with Crippen LogP contribution in [0.3, 0.4) is 0 Å². The summed E-state index contributed by atoms with van der Waals surface area (Å²) in [5.41, 5.74) is 10.5. The number of amides is 1. The van der Waals surface area contributed by atoms with Crippen LogP contribution in [0.1, 0.15) is 25.7 Å². The first-order valence-corrected chi connectivity index (χ1v) is 5.58. The summed E-state index contributed by atoms with van der Waals surface area (Å²) in [6.45, 7) is 0.345. The minimum Gasteiger partial charge on any atom is -0.480 e. The number of unbranched alkanes of at least 4 members (excludes halogenated alkanes) is 1. The molecule has 0 aliphatic rings. The van der Waals surface area contributed by atoms with E-state index in [1.54, 1.807) is 0 Å². The standard InChI is InChI=1S/C10H19N3O5/c11-6(9(15)16)3-1-2-4-13-8(14)5-7(12)10(17)18/h6-7H,1-5,11-12H2,(H,13,14)(H,15,16)(H,17,18). The SMILES string of the molecule is NC(CCCCNC(=O)CC(N)C(=O)O)C(=O)O. The molecule has 0 saturated heterocycles. The Hall–Kier alpha value is -1.67. The zero-order valence-electron chi connectivity index (χ0n) is 9.96. The van der Waals surface area contributed by atoms with Crippen LogP contribution in [-0.4, -0.2) is 46.7 Å². The van der Waals surface area contributed by atoms with Crippen molar-refractivity contribution in [3.63, 3.8) is 0 Å². The van der Waals surface area contributed by atoms with Crippen LogP contribution in [0, 0.1) is 0 Å². The maximum Gasteiger partial charge on any atom is 0.321 e. The maximum atomic E-state index is 11.2. The van der Waals surface area contributed by atoms with E-state index in [0.29, 0.717) is 25.8 Å². The summed E-state index contributed by atoms with van der Waals surface area (Å²) < 4.78 is 0. The molecular weight excluding hydrogens is 242 g/mol. The summed E-state index contributed by atoms with van der Waals surface area (Å²) in [6, 6.07) is -2.09. The molecule has 104 valence electrons. The molecule has 0 aliphatic carbocycles. The van der Waals surface area contributed by atoms with E-state index in [4.69, 9.17) is 21.7 Å². The van der Waals surface area contributed by atoms with Crippen LogP contribution in [0.15, 0.2) is 0 Å². The van der Waals surface area contributed by atoms with E-state index >= 15 is 0 Å². The molecule has 0 radical (unpaired) electrons. The fraction of sp³-hybridized carbons (Fsp3) is 0.700. The van der Waals surface area contributed by atoms with Crippen molar-refractivity contribution < 1.29 is 24.6 Å². The molecule has 8 nitrogen and oxygen atoms in total. The van der Waals surface area contributed by atoms with Crippen molar-refractivity contribution in [2.75, 3.05) is 6.54 Å². The van der Waals surface area contributed by atoms with E-state index in [1.165, 1.54) is 0 Å². The van der Waals surface area contributed by atoms with Gasteiger partial charge < -0.3 is 27.0 Å². The molecule has 0 heterocycles. The maximum absolute atomic E-state index is 11.2. The van der Waals surface area contributed by atoms with E-state index in [0.717, 1.165) is 0 Å². The number of rotatable bonds is 9. The predicted octanol–water partition coefficient (Wildman–Crippen LogP) is -1.51. The highest BCUT2D eigenvalue weighted by Gasteiger charge is 2.15. The van der Waals surface area contributed by atoms with E-state index in [2.05, 4.69) is 5.32 Å². The molecule has 2 atom stereocenters. The van der Waals surface area contributed by atoms with Crippen molar-refractivity contribution in [2.24, 2.45) is 11.5 Å². The highest BCUT2D eigenvalue weighted by atomic mass is 16.4. The first kappa shape index (κ1) is 16.3. The molecule has 1 amide bonds. The highest BCUT2D eigenvalue weighted by Crippen LogP contribution is 1.98. The summed E-state index contributed by atoms with van der Waals surface area (Å²) in [5.74, 6) is -2.71. The van der Waals surface area contributed by atoms with Gasteiger partial charge in [-0.1, -0.05) is 0 Å². The van der Waals surface area contributed by atoms with E-state index < -0.39 is 29.9 Å². The Morgan fingerprint density at radius 3 is 2.06 bits per heavy atom. The average Bonchev–Trinajstić information content (AvgIpc) is 2.27. The molecular formula is C10H19N3O5. The predicted molar refractivity (Wildman–Crippen MR) is 62.7 cm³/mol. The van der Waals surface area contributed by atoms with Gasteiger partial charge in [-0.05, 0) is 19.3 Å². The van der Waals surface area contributed by atoms with Crippen LogP contribution < -0.4 is 16.8 Å². The van der Waals surface area contributed by atoms with Crippen molar-refractivity contribution in [2.45, 2.75) is 37.8 Å². The topological polar surface area (TPSA) is 156 Å². The van der Waals surface area contributed by atoms with Gasteiger partial charge in [0.1, 0.15) is 12.1 Å². The van der Waals surface area contributed by atoms with Crippen LogP contribution in [0.4, 0.5) is 0 Å². The quantitative estimate of drug-likeness (QED) is 0.316. The van der Waals surface area contributed by atoms with Crippen molar-refractivity contribution in [1.29, 1.82) is 0 Å². The second-order valence-electron chi connectivity index (χ2n) is 3.94. The lowest BCUT2D eigenvalue weighted by atomic mass is 10.1. The molecule has 0 aromatic rings. The van der Waals surface area contributed by atoms with Gasteiger partial charge in [-0.15, -0.1) is 0 Å². The van der Waals surface area contributed by atoms with E-state index in [-0.39, 0.29) is 6.42 Å². The summed E-state index contributed by atoms with van der Waals surface area (Å²) in [4.78, 5) is 32.0. The number of hydrogen-bond acceptors (Lipinski definition) is 5. The Morgan fingerprint density at radius 1 is 1.00 bits per heavy atom. The van der Waals surface area contributed by atoms with Gasteiger partial charge in [-0.25, -0.2) is 0 Å². The summed E-state index contributed by atoms with van der Waals surface area (Å²) >= 11 is 0.